The number of ether oxygens (including phenoxy) is 1. The molecule has 1 heterocycles. The van der Waals surface area contributed by atoms with Gasteiger partial charge in [0.15, 0.2) is 12.4 Å². The van der Waals surface area contributed by atoms with Crippen molar-refractivity contribution < 1.29 is 19.1 Å². The Morgan fingerprint density at radius 2 is 1.57 bits per heavy atom. The predicted molar refractivity (Wildman–Crippen MR) is 110 cm³/mol. The summed E-state index contributed by atoms with van der Waals surface area (Å²) in [6.45, 7) is -0.0992. The Morgan fingerprint density at radius 1 is 0.900 bits per heavy atom. The molecule has 150 valence electrons. The van der Waals surface area contributed by atoms with Crippen LogP contribution in [0.1, 0.15) is 16.8 Å². The van der Waals surface area contributed by atoms with Crippen molar-refractivity contribution in [3.05, 3.63) is 72.3 Å². The van der Waals surface area contributed by atoms with Crippen LogP contribution in [0.25, 0.3) is 0 Å². The first kappa shape index (κ1) is 17.6. The summed E-state index contributed by atoms with van der Waals surface area (Å²) in [4.78, 5) is 40.1. The summed E-state index contributed by atoms with van der Waals surface area (Å²) in [5.41, 5.74) is 1.11. The van der Waals surface area contributed by atoms with Gasteiger partial charge in [-0.05, 0) is 42.2 Å². The molecule has 2 saturated carbocycles. The summed E-state index contributed by atoms with van der Waals surface area (Å²) in [5.74, 6) is 1.29. The number of hydrogen-bond donors (Lipinski definition) is 0. The Labute approximate surface area is 174 Å². The Bertz CT molecular complexity index is 1060. The molecule has 1 saturated heterocycles. The zero-order valence-corrected chi connectivity index (χ0v) is 16.3. The van der Waals surface area contributed by atoms with Crippen LogP contribution in [0.4, 0.5) is 5.69 Å². The zero-order valence-electron chi connectivity index (χ0n) is 16.3. The van der Waals surface area contributed by atoms with E-state index in [-0.39, 0.29) is 47.9 Å². The first-order chi connectivity index (χ1) is 14.6. The highest BCUT2D eigenvalue weighted by atomic mass is 16.5. The Balaban J connectivity index is 1.22. The number of rotatable bonds is 5. The van der Waals surface area contributed by atoms with Gasteiger partial charge >= 0.3 is 0 Å². The largest absolute Gasteiger partial charge is 0.485 e. The van der Waals surface area contributed by atoms with Crippen LogP contribution in [0, 0.1) is 35.5 Å². The monoisotopic (exact) mass is 399 g/mol. The predicted octanol–water partition coefficient (Wildman–Crippen LogP) is 3.51. The molecule has 7 rings (SSSR count). The SMILES string of the molecule is O=C(COc1cccc(N2C(=O)[C@@H]3[C@H]4C=C[C@@H]([C@@H]5C[C@@H]45)[C@H]3C2=O)c1)c1ccccc1. The summed E-state index contributed by atoms with van der Waals surface area (Å²) in [6.07, 6.45) is 5.49. The summed E-state index contributed by atoms with van der Waals surface area (Å²) >= 11 is 0. The van der Waals surface area contributed by atoms with E-state index in [1.807, 2.05) is 18.2 Å². The van der Waals surface area contributed by atoms with Gasteiger partial charge in [0, 0.05) is 11.6 Å². The molecule has 6 atom stereocenters. The minimum absolute atomic E-state index is 0.0905. The summed E-state index contributed by atoms with van der Waals surface area (Å²) < 4.78 is 5.68. The maximum absolute atomic E-state index is 13.2. The fourth-order valence-corrected chi connectivity index (χ4v) is 5.78. The Hall–Kier alpha value is -3.21. The number of allylic oxidation sites excluding steroid dienone is 2. The first-order valence-corrected chi connectivity index (χ1v) is 10.5. The van der Waals surface area contributed by atoms with Crippen LogP contribution >= 0.6 is 0 Å². The molecule has 2 aromatic rings. The number of carbonyl (C=O) groups excluding carboxylic acids is 3. The van der Waals surface area contributed by atoms with E-state index in [2.05, 4.69) is 12.2 Å². The van der Waals surface area contributed by atoms with E-state index >= 15 is 0 Å². The number of Topliss-reactive ketones (excluding diaryl/α,β-unsaturated/α-hetero) is 1. The average Bonchev–Trinajstić information content (AvgIpc) is 3.56. The highest BCUT2D eigenvalue weighted by Gasteiger charge is 2.67. The molecular weight excluding hydrogens is 378 g/mol. The first-order valence-electron chi connectivity index (χ1n) is 10.5. The molecule has 2 aromatic carbocycles. The molecule has 30 heavy (non-hydrogen) atoms. The van der Waals surface area contributed by atoms with Crippen LogP contribution in [0.3, 0.4) is 0 Å². The number of ketones is 1. The number of hydrogen-bond acceptors (Lipinski definition) is 4. The molecule has 2 bridgehead atoms. The minimum Gasteiger partial charge on any atom is -0.485 e. The van der Waals surface area contributed by atoms with Gasteiger partial charge in [0.05, 0.1) is 17.5 Å². The van der Waals surface area contributed by atoms with Crippen LogP contribution < -0.4 is 9.64 Å². The number of anilines is 1. The number of carbonyl (C=O) groups is 3. The summed E-state index contributed by atoms with van der Waals surface area (Å²) in [5, 5.41) is 0. The second kappa shape index (κ2) is 6.39. The van der Waals surface area contributed by atoms with Crippen LogP contribution in [0.5, 0.6) is 5.75 Å². The van der Waals surface area contributed by atoms with Gasteiger partial charge in [-0.2, -0.15) is 0 Å². The van der Waals surface area contributed by atoms with E-state index in [0.717, 1.165) is 6.42 Å². The molecule has 0 unspecified atom stereocenters. The lowest BCUT2D eigenvalue weighted by atomic mass is 9.63. The van der Waals surface area contributed by atoms with Gasteiger partial charge < -0.3 is 4.74 Å². The second-order valence-corrected chi connectivity index (χ2v) is 8.74. The van der Waals surface area contributed by atoms with Crippen LogP contribution in [-0.4, -0.2) is 24.2 Å². The third kappa shape index (κ3) is 2.51. The van der Waals surface area contributed by atoms with Gasteiger partial charge in [0.25, 0.3) is 0 Å². The number of amides is 2. The molecule has 0 spiro atoms. The smallest absolute Gasteiger partial charge is 0.238 e. The van der Waals surface area contributed by atoms with Gasteiger partial charge in [-0.1, -0.05) is 48.6 Å². The lowest BCUT2D eigenvalue weighted by Crippen LogP contribution is -2.40. The maximum Gasteiger partial charge on any atom is 0.238 e. The third-order valence-corrected chi connectivity index (χ3v) is 7.20. The molecule has 2 amide bonds. The lowest BCUT2D eigenvalue weighted by molar-refractivity contribution is -0.124. The normalized spacial score (nSPS) is 32.7. The molecule has 0 N–H and O–H groups in total. The van der Waals surface area contributed by atoms with Crippen molar-refractivity contribution in [2.75, 3.05) is 11.5 Å². The molecule has 3 fully saturated rings. The highest BCUT2D eigenvalue weighted by Crippen LogP contribution is 2.65. The average molecular weight is 399 g/mol. The number of nitrogens with zero attached hydrogens (tertiary/aromatic N) is 1. The van der Waals surface area contributed by atoms with Crippen LogP contribution in [-0.2, 0) is 9.59 Å². The van der Waals surface area contributed by atoms with Crippen LogP contribution in [0.15, 0.2) is 66.7 Å². The van der Waals surface area contributed by atoms with Crippen molar-refractivity contribution in [2.24, 2.45) is 35.5 Å². The molecule has 5 nitrogen and oxygen atoms in total. The molecule has 5 aliphatic rings. The van der Waals surface area contributed by atoms with Crippen molar-refractivity contribution >= 4 is 23.3 Å². The van der Waals surface area contributed by atoms with Crippen molar-refractivity contribution in [1.29, 1.82) is 0 Å². The van der Waals surface area contributed by atoms with Gasteiger partial charge in [-0.25, -0.2) is 4.90 Å². The molecule has 4 aliphatic carbocycles. The second-order valence-electron chi connectivity index (χ2n) is 8.74. The topological polar surface area (TPSA) is 63.7 Å². The minimum atomic E-state index is -0.222. The van der Waals surface area contributed by atoms with Gasteiger partial charge in [-0.3, -0.25) is 14.4 Å². The van der Waals surface area contributed by atoms with E-state index in [1.54, 1.807) is 36.4 Å². The van der Waals surface area contributed by atoms with E-state index in [9.17, 15) is 14.4 Å². The fourth-order valence-electron chi connectivity index (χ4n) is 5.78. The lowest BCUT2D eigenvalue weighted by Gasteiger charge is -2.37. The van der Waals surface area contributed by atoms with Gasteiger partial charge in [-0.15, -0.1) is 0 Å². The Kier molecular flexibility index (Phi) is 3.76. The maximum atomic E-state index is 13.2. The van der Waals surface area contributed by atoms with Gasteiger partial charge in [0.1, 0.15) is 5.75 Å². The van der Waals surface area contributed by atoms with E-state index in [1.165, 1.54) is 4.90 Å². The molecular formula is C25H21NO4. The summed E-state index contributed by atoms with van der Waals surface area (Å²) in [6, 6.07) is 15.9. The van der Waals surface area contributed by atoms with E-state index < -0.39 is 0 Å². The molecule has 0 aromatic heterocycles. The van der Waals surface area contributed by atoms with Crippen LogP contribution in [0.2, 0.25) is 0 Å². The quantitative estimate of drug-likeness (QED) is 0.439. The van der Waals surface area contributed by atoms with Crippen molar-refractivity contribution in [3.63, 3.8) is 0 Å². The highest BCUT2D eigenvalue weighted by molar-refractivity contribution is 6.22. The number of benzene rings is 2. The Morgan fingerprint density at radius 3 is 2.23 bits per heavy atom. The zero-order chi connectivity index (χ0) is 20.4. The molecule has 1 aliphatic heterocycles. The standard InChI is InChI=1S/C25H21NO4/c27-21(14-5-2-1-3-6-14)13-30-16-8-4-7-15(11-16)26-24(28)22-17-9-10-18(20-12-19(17)20)23(22)25(26)29/h1-11,17-20,22-23H,12-13H2/t17-,18-,19-,20-,22+,23+/m0/s1. The summed E-state index contributed by atoms with van der Waals surface area (Å²) in [7, 11) is 0. The fraction of sp³-hybridized carbons (Fsp3) is 0.320. The van der Waals surface area contributed by atoms with E-state index in [0.29, 0.717) is 28.8 Å². The van der Waals surface area contributed by atoms with Crippen molar-refractivity contribution in [1.82, 2.24) is 0 Å². The molecule has 5 heteroatoms. The van der Waals surface area contributed by atoms with Crippen molar-refractivity contribution in [3.8, 4) is 5.75 Å². The van der Waals surface area contributed by atoms with Gasteiger partial charge in [0.2, 0.25) is 11.8 Å². The van der Waals surface area contributed by atoms with Crippen molar-refractivity contribution in [2.45, 2.75) is 6.42 Å². The van der Waals surface area contributed by atoms with E-state index in [4.69, 9.17) is 4.74 Å². The molecule has 0 radical (unpaired) electrons. The third-order valence-electron chi connectivity index (χ3n) is 7.20. The number of imide groups is 1.